The van der Waals surface area contributed by atoms with Crippen molar-refractivity contribution in [1.82, 2.24) is 4.98 Å². The molecule has 104 valence electrons. The highest BCUT2D eigenvalue weighted by Gasteiger charge is 2.06. The molecule has 2 rings (SSSR count). The number of primary sulfonamides is 1. The van der Waals surface area contributed by atoms with Gasteiger partial charge in [0.2, 0.25) is 10.0 Å². The first-order valence-electron chi connectivity index (χ1n) is 5.80. The van der Waals surface area contributed by atoms with Gasteiger partial charge in [0.05, 0.1) is 16.3 Å². The lowest BCUT2D eigenvalue weighted by atomic mass is 10.2. The third-order valence-corrected chi connectivity index (χ3v) is 3.54. The number of pyridine rings is 1. The fourth-order valence-corrected chi connectivity index (χ4v) is 2.02. The lowest BCUT2D eigenvalue weighted by Crippen LogP contribution is -2.11. The van der Waals surface area contributed by atoms with Gasteiger partial charge in [-0.3, -0.25) is 10.4 Å². The molecule has 0 aliphatic carbocycles. The van der Waals surface area contributed by atoms with E-state index in [4.69, 9.17) is 5.14 Å². The molecule has 0 fully saturated rings. The van der Waals surface area contributed by atoms with Gasteiger partial charge in [-0.2, -0.15) is 5.10 Å². The largest absolute Gasteiger partial charge is 0.278 e. The number of hydrogen-bond acceptors (Lipinski definition) is 5. The SMILES string of the molecule is C/C(=N\Nc1ccc(S(N)(=O)=O)cc1)c1cccnc1. The van der Waals surface area contributed by atoms with Crippen LogP contribution in [0.2, 0.25) is 0 Å². The van der Waals surface area contributed by atoms with Crippen molar-refractivity contribution in [2.24, 2.45) is 10.2 Å². The highest BCUT2D eigenvalue weighted by molar-refractivity contribution is 7.89. The molecule has 1 heterocycles. The summed E-state index contributed by atoms with van der Waals surface area (Å²) in [5.74, 6) is 0. The van der Waals surface area contributed by atoms with E-state index in [-0.39, 0.29) is 4.90 Å². The van der Waals surface area contributed by atoms with Gasteiger partial charge in [-0.1, -0.05) is 6.07 Å². The number of aromatic nitrogens is 1. The molecule has 0 aliphatic rings. The molecule has 0 saturated heterocycles. The number of nitrogens with zero attached hydrogens (tertiary/aromatic N) is 2. The van der Waals surface area contributed by atoms with Crippen molar-refractivity contribution in [1.29, 1.82) is 0 Å². The van der Waals surface area contributed by atoms with Crippen molar-refractivity contribution in [2.75, 3.05) is 5.43 Å². The first kappa shape index (κ1) is 14.2. The molecule has 0 aliphatic heterocycles. The van der Waals surface area contributed by atoms with Crippen LogP contribution >= 0.6 is 0 Å². The van der Waals surface area contributed by atoms with Gasteiger partial charge in [0.25, 0.3) is 0 Å². The Bertz CT molecular complexity index is 710. The van der Waals surface area contributed by atoms with Crippen LogP contribution in [0.15, 0.2) is 58.8 Å². The van der Waals surface area contributed by atoms with Gasteiger partial charge in [0.15, 0.2) is 0 Å². The molecule has 1 aromatic carbocycles. The molecule has 20 heavy (non-hydrogen) atoms. The van der Waals surface area contributed by atoms with Gasteiger partial charge in [-0.05, 0) is 37.3 Å². The van der Waals surface area contributed by atoms with Crippen molar-refractivity contribution in [2.45, 2.75) is 11.8 Å². The second-order valence-electron chi connectivity index (χ2n) is 4.12. The minimum Gasteiger partial charge on any atom is -0.278 e. The van der Waals surface area contributed by atoms with Crippen LogP contribution in [0.3, 0.4) is 0 Å². The molecule has 0 radical (unpaired) electrons. The number of anilines is 1. The molecule has 0 atom stereocenters. The number of nitrogens with two attached hydrogens (primary N) is 1. The van der Waals surface area contributed by atoms with Crippen molar-refractivity contribution in [3.05, 3.63) is 54.4 Å². The average Bonchev–Trinajstić information content (AvgIpc) is 2.45. The standard InChI is InChI=1S/C13H14N4O2S/c1-10(11-3-2-8-15-9-11)16-17-12-4-6-13(7-5-12)20(14,18)19/h2-9,17H,1H3,(H2,14,18,19)/b16-10+. The van der Waals surface area contributed by atoms with Crippen molar-refractivity contribution >= 4 is 21.4 Å². The summed E-state index contributed by atoms with van der Waals surface area (Å²) in [5.41, 5.74) is 5.19. The zero-order valence-electron chi connectivity index (χ0n) is 10.8. The Kier molecular flexibility index (Phi) is 4.11. The molecular formula is C13H14N4O2S. The quantitative estimate of drug-likeness (QED) is 0.659. The Balaban J connectivity index is 2.12. The number of rotatable bonds is 4. The van der Waals surface area contributed by atoms with Crippen molar-refractivity contribution in [3.63, 3.8) is 0 Å². The Morgan fingerprint density at radius 2 is 1.95 bits per heavy atom. The molecule has 6 nitrogen and oxygen atoms in total. The lowest BCUT2D eigenvalue weighted by molar-refractivity contribution is 0.598. The van der Waals surface area contributed by atoms with Gasteiger partial charge < -0.3 is 0 Å². The van der Waals surface area contributed by atoms with Crippen LogP contribution in [-0.2, 0) is 10.0 Å². The monoisotopic (exact) mass is 290 g/mol. The van der Waals surface area contributed by atoms with Crippen LogP contribution in [0.25, 0.3) is 0 Å². The summed E-state index contributed by atoms with van der Waals surface area (Å²) < 4.78 is 22.2. The van der Waals surface area contributed by atoms with E-state index in [9.17, 15) is 8.42 Å². The van der Waals surface area contributed by atoms with Gasteiger partial charge in [0.1, 0.15) is 0 Å². The maximum atomic E-state index is 11.1. The van der Waals surface area contributed by atoms with E-state index in [1.54, 1.807) is 24.5 Å². The number of sulfonamides is 1. The van der Waals surface area contributed by atoms with Crippen LogP contribution in [0, 0.1) is 0 Å². The summed E-state index contributed by atoms with van der Waals surface area (Å²) in [4.78, 5) is 4.08. The Labute approximate surface area is 117 Å². The zero-order valence-corrected chi connectivity index (χ0v) is 11.6. The molecular weight excluding hydrogens is 276 g/mol. The highest BCUT2D eigenvalue weighted by Crippen LogP contribution is 2.13. The molecule has 0 amide bonds. The molecule has 0 unspecified atom stereocenters. The van der Waals surface area contributed by atoms with E-state index >= 15 is 0 Å². The average molecular weight is 290 g/mol. The van der Waals surface area contributed by atoms with Crippen LogP contribution < -0.4 is 10.6 Å². The third-order valence-electron chi connectivity index (χ3n) is 2.61. The summed E-state index contributed by atoms with van der Waals surface area (Å²) in [6.45, 7) is 1.85. The Hall–Kier alpha value is -2.25. The summed E-state index contributed by atoms with van der Waals surface area (Å²) >= 11 is 0. The highest BCUT2D eigenvalue weighted by atomic mass is 32.2. The van der Waals surface area contributed by atoms with E-state index in [1.165, 1.54) is 12.1 Å². The number of benzene rings is 1. The van der Waals surface area contributed by atoms with Gasteiger partial charge in [-0.25, -0.2) is 13.6 Å². The minimum atomic E-state index is -3.67. The maximum Gasteiger partial charge on any atom is 0.238 e. The maximum absolute atomic E-state index is 11.1. The van der Waals surface area contributed by atoms with Crippen molar-refractivity contribution in [3.8, 4) is 0 Å². The molecule has 1 aromatic heterocycles. The first-order chi connectivity index (χ1) is 9.47. The molecule has 7 heteroatoms. The topological polar surface area (TPSA) is 97.4 Å². The second kappa shape index (κ2) is 5.81. The number of nitrogens with one attached hydrogen (secondary N) is 1. The predicted molar refractivity (Wildman–Crippen MR) is 77.9 cm³/mol. The first-order valence-corrected chi connectivity index (χ1v) is 7.35. The molecule has 3 N–H and O–H groups in total. The van der Waals surface area contributed by atoms with Crippen LogP contribution in [-0.4, -0.2) is 19.1 Å². The fraction of sp³-hybridized carbons (Fsp3) is 0.0769. The van der Waals surface area contributed by atoms with Crippen LogP contribution in [0.4, 0.5) is 5.69 Å². The van der Waals surface area contributed by atoms with E-state index in [0.717, 1.165) is 11.3 Å². The lowest BCUT2D eigenvalue weighted by Gasteiger charge is -2.04. The van der Waals surface area contributed by atoms with E-state index in [0.29, 0.717) is 5.69 Å². The minimum absolute atomic E-state index is 0.0658. The summed E-state index contributed by atoms with van der Waals surface area (Å²) in [5, 5.41) is 9.22. The van der Waals surface area contributed by atoms with Crippen LogP contribution in [0.1, 0.15) is 12.5 Å². The van der Waals surface area contributed by atoms with E-state index in [1.807, 2.05) is 19.1 Å². The van der Waals surface area contributed by atoms with Gasteiger partial charge in [-0.15, -0.1) is 0 Å². The fourth-order valence-electron chi connectivity index (χ4n) is 1.51. The normalized spacial score (nSPS) is 12.2. The van der Waals surface area contributed by atoms with E-state index < -0.39 is 10.0 Å². The van der Waals surface area contributed by atoms with E-state index in [2.05, 4.69) is 15.5 Å². The van der Waals surface area contributed by atoms with Crippen LogP contribution in [0.5, 0.6) is 0 Å². The number of hydrogen-bond donors (Lipinski definition) is 2. The predicted octanol–water partition coefficient (Wildman–Crippen LogP) is 1.57. The van der Waals surface area contributed by atoms with Gasteiger partial charge in [0, 0.05) is 18.0 Å². The summed E-state index contributed by atoms with van der Waals surface area (Å²) in [6, 6.07) is 9.77. The zero-order chi connectivity index (χ0) is 14.6. The smallest absolute Gasteiger partial charge is 0.238 e. The molecule has 2 aromatic rings. The number of hydrazone groups is 1. The van der Waals surface area contributed by atoms with Gasteiger partial charge >= 0.3 is 0 Å². The molecule has 0 bridgehead atoms. The molecule has 0 saturated carbocycles. The Morgan fingerprint density at radius 1 is 1.25 bits per heavy atom. The summed E-state index contributed by atoms with van der Waals surface area (Å²) in [6.07, 6.45) is 3.40. The second-order valence-corrected chi connectivity index (χ2v) is 5.68. The summed E-state index contributed by atoms with van der Waals surface area (Å²) in [7, 11) is -3.67. The third kappa shape index (κ3) is 3.62. The Morgan fingerprint density at radius 3 is 2.50 bits per heavy atom. The van der Waals surface area contributed by atoms with Crippen molar-refractivity contribution < 1.29 is 8.42 Å². The molecule has 0 spiro atoms.